The smallest absolute Gasteiger partial charge is 0.309 e. The molecular weight excluding hydrogens is 660 g/mol. The maximum absolute atomic E-state index is 15.1. The fourth-order valence-corrected chi connectivity index (χ4v) is 7.01. The number of benzene rings is 6. The lowest BCUT2D eigenvalue weighted by Gasteiger charge is -2.23. The van der Waals surface area contributed by atoms with Gasteiger partial charge >= 0.3 is 6.18 Å². The molecule has 52 heavy (non-hydrogen) atoms. The number of fused-ring (bicyclic) bond motifs is 6. The summed E-state index contributed by atoms with van der Waals surface area (Å²) in [6, 6.07) is 39.0. The number of aromatic nitrogens is 2. The standard InChI is InChI=1S/C42H18F3N7/c43-42(44,45)30-17-39(51-35-8-4-25(20-47)13-31(35)32-14-26(21-48)5-9-36(32)51)41(29-3-1-2-24(12-29)19-46)40(18-30)52-37-10-6-27(22-49)15-33(37)34-16-28(23-50)7-11-38(34)52/h1-18H. The second-order valence-electron chi connectivity index (χ2n) is 12.1. The van der Waals surface area contributed by atoms with Crippen LogP contribution in [0.1, 0.15) is 33.4 Å². The third-order valence-electron chi connectivity index (χ3n) is 9.23. The summed E-state index contributed by atoms with van der Waals surface area (Å²) < 4.78 is 48.8. The lowest BCUT2D eigenvalue weighted by molar-refractivity contribution is -0.137. The van der Waals surface area contributed by atoms with Crippen LogP contribution < -0.4 is 0 Å². The van der Waals surface area contributed by atoms with Crippen molar-refractivity contribution in [3.05, 3.63) is 143 Å². The lowest BCUT2D eigenvalue weighted by atomic mass is 9.96. The molecule has 0 atom stereocenters. The van der Waals surface area contributed by atoms with Gasteiger partial charge in [-0.05, 0) is 103 Å². The van der Waals surface area contributed by atoms with Gasteiger partial charge in [0.05, 0.1) is 97.2 Å². The number of nitrogens with zero attached hydrogens (tertiary/aromatic N) is 7. The molecule has 0 bridgehead atoms. The fraction of sp³-hybridized carbons (Fsp3) is 0.0238. The number of nitriles is 5. The van der Waals surface area contributed by atoms with E-state index in [1.807, 2.05) is 0 Å². The predicted molar refractivity (Wildman–Crippen MR) is 189 cm³/mol. The van der Waals surface area contributed by atoms with Crippen molar-refractivity contribution in [2.24, 2.45) is 0 Å². The molecule has 0 aliphatic heterocycles. The Labute approximate surface area is 293 Å². The van der Waals surface area contributed by atoms with Gasteiger partial charge in [-0.3, -0.25) is 0 Å². The quantitative estimate of drug-likeness (QED) is 0.184. The van der Waals surface area contributed by atoms with Gasteiger partial charge in [-0.15, -0.1) is 0 Å². The SMILES string of the molecule is N#Cc1cccc(-c2c(-n3c4ccc(C#N)cc4c4cc(C#N)ccc43)cc(C(F)(F)F)cc2-n2c3ccc(C#N)cc3c3cc(C#N)ccc32)c1. The van der Waals surface area contributed by atoms with Gasteiger partial charge < -0.3 is 9.13 Å². The molecule has 6 aromatic carbocycles. The zero-order chi connectivity index (χ0) is 36.3. The molecule has 2 aromatic heterocycles. The topological polar surface area (TPSA) is 129 Å². The molecule has 242 valence electrons. The van der Waals surface area contributed by atoms with E-state index in [4.69, 9.17) is 0 Å². The minimum Gasteiger partial charge on any atom is -0.309 e. The Bertz CT molecular complexity index is 2760. The lowest BCUT2D eigenvalue weighted by Crippen LogP contribution is -2.11. The van der Waals surface area contributed by atoms with Crippen molar-refractivity contribution in [3.63, 3.8) is 0 Å². The van der Waals surface area contributed by atoms with E-state index in [-0.39, 0.29) is 16.9 Å². The van der Waals surface area contributed by atoms with Gasteiger partial charge in [0.1, 0.15) is 0 Å². The van der Waals surface area contributed by atoms with Crippen LogP contribution in [0.2, 0.25) is 0 Å². The van der Waals surface area contributed by atoms with E-state index < -0.39 is 11.7 Å². The van der Waals surface area contributed by atoms with Crippen LogP contribution >= 0.6 is 0 Å². The molecule has 7 nitrogen and oxygen atoms in total. The summed E-state index contributed by atoms with van der Waals surface area (Å²) in [5, 5.41) is 51.1. The Hall–Kier alpha value is -7.84. The van der Waals surface area contributed by atoms with Gasteiger partial charge in [0, 0.05) is 27.1 Å². The highest BCUT2D eigenvalue weighted by Crippen LogP contribution is 2.45. The van der Waals surface area contributed by atoms with Crippen molar-refractivity contribution < 1.29 is 13.2 Å². The number of hydrogen-bond donors (Lipinski definition) is 0. The van der Waals surface area contributed by atoms with E-state index in [9.17, 15) is 26.3 Å². The third-order valence-corrected chi connectivity index (χ3v) is 9.23. The van der Waals surface area contributed by atoms with Gasteiger partial charge in [0.25, 0.3) is 0 Å². The summed E-state index contributed by atoms with van der Waals surface area (Å²) in [6.45, 7) is 0. The molecule has 0 aliphatic rings. The van der Waals surface area contributed by atoms with Gasteiger partial charge in [0.15, 0.2) is 0 Å². The van der Waals surface area contributed by atoms with E-state index in [1.165, 1.54) is 0 Å². The molecule has 0 saturated carbocycles. The molecule has 2 heterocycles. The predicted octanol–water partition coefficient (Wildman–Crippen LogP) is 9.92. The minimum atomic E-state index is -4.81. The molecule has 0 aliphatic carbocycles. The van der Waals surface area contributed by atoms with Gasteiger partial charge in [0.2, 0.25) is 0 Å². The van der Waals surface area contributed by atoms with Crippen molar-refractivity contribution >= 4 is 43.6 Å². The molecule has 0 N–H and O–H groups in total. The van der Waals surface area contributed by atoms with Crippen LogP contribution in [0.3, 0.4) is 0 Å². The number of halogens is 3. The third kappa shape index (κ3) is 4.79. The number of hydrogen-bond acceptors (Lipinski definition) is 5. The summed E-state index contributed by atoms with van der Waals surface area (Å²) in [7, 11) is 0. The van der Waals surface area contributed by atoms with Crippen LogP contribution in [-0.4, -0.2) is 9.13 Å². The Morgan fingerprint density at radius 3 is 1.10 bits per heavy atom. The first kappa shape index (κ1) is 31.4. The zero-order valence-electron chi connectivity index (χ0n) is 26.7. The van der Waals surface area contributed by atoms with Gasteiger partial charge in [-0.25, -0.2) is 0 Å². The highest BCUT2D eigenvalue weighted by Gasteiger charge is 2.34. The zero-order valence-corrected chi connectivity index (χ0v) is 26.7. The van der Waals surface area contributed by atoms with E-state index in [0.29, 0.717) is 77.0 Å². The maximum atomic E-state index is 15.1. The summed E-state index contributed by atoms with van der Waals surface area (Å²) in [5.74, 6) is 0. The Kier molecular flexibility index (Phi) is 7.04. The molecule has 10 heteroatoms. The molecule has 0 radical (unpaired) electrons. The fourth-order valence-electron chi connectivity index (χ4n) is 7.01. The molecular formula is C42H18F3N7. The van der Waals surface area contributed by atoms with Gasteiger partial charge in [-0.2, -0.15) is 39.5 Å². The second kappa shape index (κ2) is 11.6. The first-order valence-electron chi connectivity index (χ1n) is 15.7. The molecule has 0 unspecified atom stereocenters. The molecule has 0 saturated heterocycles. The van der Waals surface area contributed by atoms with Crippen molar-refractivity contribution in [1.29, 1.82) is 26.3 Å². The summed E-state index contributed by atoms with van der Waals surface area (Å²) in [5.41, 5.74) is 3.70. The average Bonchev–Trinajstić information content (AvgIpc) is 3.67. The van der Waals surface area contributed by atoms with Gasteiger partial charge in [-0.1, -0.05) is 12.1 Å². The summed E-state index contributed by atoms with van der Waals surface area (Å²) in [6.07, 6.45) is -4.81. The molecule has 0 spiro atoms. The monoisotopic (exact) mass is 677 g/mol. The molecule has 8 rings (SSSR count). The van der Waals surface area contributed by atoms with Crippen molar-refractivity contribution in [1.82, 2.24) is 9.13 Å². The van der Waals surface area contributed by atoms with Crippen LogP contribution in [0.4, 0.5) is 13.2 Å². The second-order valence-corrected chi connectivity index (χ2v) is 12.1. The molecule has 8 aromatic rings. The highest BCUT2D eigenvalue weighted by molar-refractivity contribution is 6.12. The van der Waals surface area contributed by atoms with Crippen molar-refractivity contribution in [2.75, 3.05) is 0 Å². The Morgan fingerprint density at radius 1 is 0.423 bits per heavy atom. The van der Waals surface area contributed by atoms with Crippen LogP contribution in [-0.2, 0) is 6.18 Å². The van der Waals surface area contributed by atoms with E-state index in [0.717, 1.165) is 12.1 Å². The van der Waals surface area contributed by atoms with E-state index in [2.05, 4.69) is 30.3 Å². The molecule has 0 fully saturated rings. The Morgan fingerprint density at radius 2 is 0.769 bits per heavy atom. The summed E-state index contributed by atoms with van der Waals surface area (Å²) >= 11 is 0. The van der Waals surface area contributed by atoms with Crippen LogP contribution in [0, 0.1) is 56.7 Å². The van der Waals surface area contributed by atoms with Crippen LogP contribution in [0.15, 0.2) is 109 Å². The van der Waals surface area contributed by atoms with E-state index in [1.54, 1.807) is 106 Å². The molecule has 0 amide bonds. The largest absolute Gasteiger partial charge is 0.416 e. The summed E-state index contributed by atoms with van der Waals surface area (Å²) in [4.78, 5) is 0. The minimum absolute atomic E-state index is 0.131. The number of alkyl halides is 3. The van der Waals surface area contributed by atoms with Crippen molar-refractivity contribution in [3.8, 4) is 52.8 Å². The van der Waals surface area contributed by atoms with E-state index >= 15 is 13.2 Å². The first-order chi connectivity index (χ1) is 25.2. The average molecular weight is 678 g/mol. The highest BCUT2D eigenvalue weighted by atomic mass is 19.4. The normalized spacial score (nSPS) is 11.3. The maximum Gasteiger partial charge on any atom is 0.416 e. The van der Waals surface area contributed by atoms with Crippen molar-refractivity contribution in [2.45, 2.75) is 6.18 Å². The Balaban J connectivity index is 1.63. The van der Waals surface area contributed by atoms with Crippen LogP contribution in [0.25, 0.3) is 66.1 Å². The number of rotatable bonds is 3. The first-order valence-corrected chi connectivity index (χ1v) is 15.7. The van der Waals surface area contributed by atoms with Crippen LogP contribution in [0.5, 0.6) is 0 Å².